The number of rotatable bonds is 9. The summed E-state index contributed by atoms with van der Waals surface area (Å²) in [6.07, 6.45) is 0.125. The van der Waals surface area contributed by atoms with E-state index in [0.29, 0.717) is 30.6 Å². The molecule has 2 unspecified atom stereocenters. The maximum Gasteiger partial charge on any atom is 0.249 e. The first kappa shape index (κ1) is 24.4. The molecular formula is C28H30N2O5. The number of nitrogens with zero attached hydrogens (tertiary/aromatic N) is 1. The first-order valence-corrected chi connectivity index (χ1v) is 11.7. The van der Waals surface area contributed by atoms with E-state index in [0.717, 1.165) is 16.9 Å². The van der Waals surface area contributed by atoms with Crippen molar-refractivity contribution in [3.63, 3.8) is 0 Å². The lowest BCUT2D eigenvalue weighted by Crippen LogP contribution is -2.51. The third-order valence-electron chi connectivity index (χ3n) is 6.13. The van der Waals surface area contributed by atoms with Crippen molar-refractivity contribution in [1.82, 2.24) is 4.90 Å². The Morgan fingerprint density at radius 2 is 1.77 bits per heavy atom. The molecule has 4 rings (SSSR count). The highest BCUT2D eigenvalue weighted by Crippen LogP contribution is 2.27. The Morgan fingerprint density at radius 1 is 1.06 bits per heavy atom. The van der Waals surface area contributed by atoms with Crippen molar-refractivity contribution in [2.75, 3.05) is 25.6 Å². The molecule has 1 heterocycles. The predicted octanol–water partition coefficient (Wildman–Crippen LogP) is 3.73. The molecular weight excluding hydrogens is 444 g/mol. The molecule has 2 amide bonds. The van der Waals surface area contributed by atoms with Gasteiger partial charge in [-0.1, -0.05) is 54.6 Å². The number of aryl methyl sites for hydroxylation is 1. The highest BCUT2D eigenvalue weighted by atomic mass is 16.5. The van der Waals surface area contributed by atoms with Crippen LogP contribution in [-0.4, -0.2) is 48.2 Å². The minimum Gasteiger partial charge on any atom is -0.497 e. The van der Waals surface area contributed by atoms with Gasteiger partial charge in [-0.3, -0.25) is 9.59 Å². The Bertz CT molecular complexity index is 1120. The van der Waals surface area contributed by atoms with Crippen LogP contribution in [0.25, 0.3) is 0 Å². The third-order valence-corrected chi connectivity index (χ3v) is 6.13. The second-order valence-electron chi connectivity index (χ2n) is 8.55. The van der Waals surface area contributed by atoms with Gasteiger partial charge in [-0.15, -0.1) is 0 Å². The largest absolute Gasteiger partial charge is 0.497 e. The fourth-order valence-electron chi connectivity index (χ4n) is 4.13. The van der Waals surface area contributed by atoms with Crippen molar-refractivity contribution in [3.05, 3.63) is 95.6 Å². The van der Waals surface area contributed by atoms with Crippen LogP contribution < -0.4 is 10.1 Å². The molecule has 1 fully saturated rings. The number of benzene rings is 3. The van der Waals surface area contributed by atoms with E-state index < -0.39 is 12.1 Å². The molecule has 1 saturated heterocycles. The van der Waals surface area contributed by atoms with Crippen LogP contribution in [0.2, 0.25) is 0 Å². The zero-order chi connectivity index (χ0) is 24.6. The topological polar surface area (TPSA) is 88.1 Å². The summed E-state index contributed by atoms with van der Waals surface area (Å²) in [5.41, 5.74) is 3.36. The standard InChI is InChI=1S/C28H30N2O5/c1-34-24-14-7-21(8-15-24)17-30-25(18-35-19-27(30)32)28(33)22-10-12-23(13-11-22)29-26(31)16-9-20-5-3-2-4-6-20/h2-8,10-15,25,28,33H,9,16-19H2,1H3,(H,29,31). The number of aliphatic hydroxyl groups is 1. The van der Waals surface area contributed by atoms with Crippen LogP contribution in [-0.2, 0) is 27.3 Å². The average molecular weight is 475 g/mol. The van der Waals surface area contributed by atoms with E-state index in [2.05, 4.69) is 5.32 Å². The van der Waals surface area contributed by atoms with Gasteiger partial charge in [0.25, 0.3) is 0 Å². The smallest absolute Gasteiger partial charge is 0.249 e. The lowest BCUT2D eigenvalue weighted by atomic mass is 9.99. The molecule has 7 nitrogen and oxygen atoms in total. The van der Waals surface area contributed by atoms with Gasteiger partial charge in [0.15, 0.2) is 0 Å². The molecule has 7 heteroatoms. The fourth-order valence-corrected chi connectivity index (χ4v) is 4.13. The van der Waals surface area contributed by atoms with E-state index in [-0.39, 0.29) is 25.0 Å². The molecule has 0 bridgehead atoms. The van der Waals surface area contributed by atoms with Crippen LogP contribution in [0.15, 0.2) is 78.9 Å². The number of hydrogen-bond donors (Lipinski definition) is 2. The van der Waals surface area contributed by atoms with E-state index in [1.165, 1.54) is 0 Å². The van der Waals surface area contributed by atoms with Gasteiger partial charge in [0, 0.05) is 18.7 Å². The minimum atomic E-state index is -0.930. The summed E-state index contributed by atoms with van der Waals surface area (Å²) in [4.78, 5) is 26.6. The Labute approximate surface area is 205 Å². The van der Waals surface area contributed by atoms with Crippen molar-refractivity contribution in [3.8, 4) is 5.75 Å². The number of nitrogens with one attached hydrogen (secondary N) is 1. The summed E-state index contributed by atoms with van der Waals surface area (Å²) in [6.45, 7) is 0.595. The number of ether oxygens (including phenoxy) is 2. The lowest BCUT2D eigenvalue weighted by Gasteiger charge is -2.38. The van der Waals surface area contributed by atoms with E-state index in [9.17, 15) is 14.7 Å². The van der Waals surface area contributed by atoms with E-state index >= 15 is 0 Å². The number of methoxy groups -OCH3 is 1. The molecule has 1 aliphatic heterocycles. The fraction of sp³-hybridized carbons (Fsp3) is 0.286. The summed E-state index contributed by atoms with van der Waals surface area (Å²) < 4.78 is 10.7. The maximum atomic E-state index is 12.6. The van der Waals surface area contributed by atoms with Gasteiger partial charge in [0.1, 0.15) is 18.5 Å². The summed E-state index contributed by atoms with van der Waals surface area (Å²) in [7, 11) is 1.61. The van der Waals surface area contributed by atoms with Crippen molar-refractivity contribution < 1.29 is 24.2 Å². The number of anilines is 1. The molecule has 0 saturated carbocycles. The van der Waals surface area contributed by atoms with Crippen molar-refractivity contribution in [1.29, 1.82) is 0 Å². The van der Waals surface area contributed by atoms with E-state index in [1.54, 1.807) is 36.3 Å². The Hall–Kier alpha value is -3.68. The summed E-state index contributed by atoms with van der Waals surface area (Å²) >= 11 is 0. The van der Waals surface area contributed by atoms with Crippen LogP contribution in [0.1, 0.15) is 29.2 Å². The zero-order valence-corrected chi connectivity index (χ0v) is 19.7. The number of aliphatic hydroxyl groups excluding tert-OH is 1. The second-order valence-corrected chi connectivity index (χ2v) is 8.55. The van der Waals surface area contributed by atoms with Crippen LogP contribution in [0.3, 0.4) is 0 Å². The van der Waals surface area contributed by atoms with E-state index in [4.69, 9.17) is 9.47 Å². The maximum absolute atomic E-state index is 12.6. The molecule has 0 spiro atoms. The molecule has 0 radical (unpaired) electrons. The Balaban J connectivity index is 1.38. The SMILES string of the molecule is COc1ccc(CN2C(=O)COCC2C(O)c2ccc(NC(=O)CCc3ccccc3)cc2)cc1. The van der Waals surface area contributed by atoms with Gasteiger partial charge >= 0.3 is 0 Å². The van der Waals surface area contributed by atoms with Crippen molar-refractivity contribution in [2.45, 2.75) is 31.5 Å². The first-order valence-electron chi connectivity index (χ1n) is 11.7. The monoisotopic (exact) mass is 474 g/mol. The van der Waals surface area contributed by atoms with Crippen LogP contribution >= 0.6 is 0 Å². The predicted molar refractivity (Wildman–Crippen MR) is 133 cm³/mol. The van der Waals surface area contributed by atoms with Gasteiger partial charge in [-0.25, -0.2) is 0 Å². The summed E-state index contributed by atoms with van der Waals surface area (Å²) in [5.74, 6) is 0.503. The average Bonchev–Trinajstić information content (AvgIpc) is 2.90. The van der Waals surface area contributed by atoms with Gasteiger partial charge in [0.2, 0.25) is 11.8 Å². The number of morpholine rings is 1. The molecule has 2 N–H and O–H groups in total. The van der Waals surface area contributed by atoms with E-state index in [1.807, 2.05) is 54.6 Å². The zero-order valence-electron chi connectivity index (χ0n) is 19.7. The van der Waals surface area contributed by atoms with Gasteiger partial charge in [0.05, 0.1) is 19.8 Å². The van der Waals surface area contributed by atoms with Crippen LogP contribution in [0, 0.1) is 0 Å². The molecule has 0 aromatic heterocycles. The number of carbonyl (C=O) groups is 2. The molecule has 2 atom stereocenters. The molecule has 0 aliphatic carbocycles. The van der Waals surface area contributed by atoms with Gasteiger partial charge in [-0.05, 0) is 47.4 Å². The number of amides is 2. The summed E-state index contributed by atoms with van der Waals surface area (Å²) in [6, 6.07) is 23.9. The normalized spacial score (nSPS) is 16.6. The molecule has 35 heavy (non-hydrogen) atoms. The lowest BCUT2D eigenvalue weighted by molar-refractivity contribution is -0.155. The highest BCUT2D eigenvalue weighted by molar-refractivity contribution is 5.90. The first-order chi connectivity index (χ1) is 17.0. The number of hydrogen-bond acceptors (Lipinski definition) is 5. The highest BCUT2D eigenvalue weighted by Gasteiger charge is 2.34. The van der Waals surface area contributed by atoms with Gasteiger partial charge < -0.3 is 24.8 Å². The summed E-state index contributed by atoms with van der Waals surface area (Å²) in [5, 5.41) is 14.0. The second kappa shape index (κ2) is 11.6. The minimum absolute atomic E-state index is 0.00662. The van der Waals surface area contributed by atoms with Crippen molar-refractivity contribution >= 4 is 17.5 Å². The molecule has 182 valence electrons. The van der Waals surface area contributed by atoms with Crippen molar-refractivity contribution in [2.24, 2.45) is 0 Å². The molecule has 3 aromatic rings. The third kappa shape index (κ3) is 6.47. The Kier molecular flexibility index (Phi) is 8.13. The van der Waals surface area contributed by atoms with Crippen LogP contribution in [0.4, 0.5) is 5.69 Å². The molecule has 1 aliphatic rings. The van der Waals surface area contributed by atoms with Gasteiger partial charge in [-0.2, -0.15) is 0 Å². The Morgan fingerprint density at radius 3 is 2.46 bits per heavy atom. The molecule has 3 aromatic carbocycles. The number of carbonyl (C=O) groups excluding carboxylic acids is 2. The van der Waals surface area contributed by atoms with Crippen LogP contribution in [0.5, 0.6) is 5.75 Å². The quantitative estimate of drug-likeness (QED) is 0.494.